The molecule has 0 spiro atoms. The van der Waals surface area contributed by atoms with Crippen LogP contribution in [0.5, 0.6) is 5.75 Å². The maximum absolute atomic E-state index is 13.7. The van der Waals surface area contributed by atoms with Crippen LogP contribution in [0.25, 0.3) is 6.08 Å². The number of rotatable bonds is 13. The summed E-state index contributed by atoms with van der Waals surface area (Å²) in [6, 6.07) is 38.6. The van der Waals surface area contributed by atoms with Crippen molar-refractivity contribution in [1.29, 1.82) is 0 Å². The highest BCUT2D eigenvalue weighted by Crippen LogP contribution is 2.37. The Bertz CT molecular complexity index is 1950. The average Bonchev–Trinajstić information content (AvgIpc) is 3.12. The van der Waals surface area contributed by atoms with Gasteiger partial charge >= 0.3 is 0 Å². The lowest BCUT2D eigenvalue weighted by atomic mass is 10.1. The first-order chi connectivity index (χ1) is 23.8. The van der Waals surface area contributed by atoms with Crippen molar-refractivity contribution in [3.63, 3.8) is 0 Å². The Morgan fingerprint density at radius 2 is 1.41 bits per heavy atom. The minimum atomic E-state index is -0.650. The number of hydrogen-bond donors (Lipinski definition) is 4. The van der Waals surface area contributed by atoms with E-state index in [1.54, 1.807) is 103 Å². The SMILES string of the molecule is CCOc1ccc(/C=C(/NC(=O)c2ccccc2)C(=O)Nc2cccc(SC(C(=O)Nc3ccc(C(N)=O)cc3)c3ccccc3)c2)cc1. The summed E-state index contributed by atoms with van der Waals surface area (Å²) in [6.07, 6.45) is 1.59. The molecule has 10 heteroatoms. The van der Waals surface area contributed by atoms with Crippen LogP contribution >= 0.6 is 11.8 Å². The van der Waals surface area contributed by atoms with Crippen LogP contribution in [-0.2, 0) is 9.59 Å². The first-order valence-electron chi connectivity index (χ1n) is 15.4. The predicted molar refractivity (Wildman–Crippen MR) is 193 cm³/mol. The van der Waals surface area contributed by atoms with Crippen molar-refractivity contribution in [2.75, 3.05) is 17.2 Å². The summed E-state index contributed by atoms with van der Waals surface area (Å²) < 4.78 is 5.53. The molecule has 0 aliphatic heterocycles. The maximum Gasteiger partial charge on any atom is 0.272 e. The van der Waals surface area contributed by atoms with Gasteiger partial charge in [0.05, 0.1) is 6.61 Å². The number of primary amides is 1. The molecule has 0 aliphatic carbocycles. The van der Waals surface area contributed by atoms with Gasteiger partial charge in [-0.25, -0.2) is 0 Å². The number of carbonyl (C=O) groups is 4. The quantitative estimate of drug-likeness (QED) is 0.0781. The number of thioether (sulfide) groups is 1. The Balaban J connectivity index is 1.36. The third-order valence-electron chi connectivity index (χ3n) is 7.15. The monoisotopic (exact) mass is 670 g/mol. The van der Waals surface area contributed by atoms with Crippen LogP contribution in [0.1, 0.15) is 44.0 Å². The molecule has 5 rings (SSSR count). The molecular weight excluding hydrogens is 637 g/mol. The van der Waals surface area contributed by atoms with Crippen LogP contribution < -0.4 is 26.4 Å². The van der Waals surface area contributed by atoms with E-state index in [2.05, 4.69) is 16.0 Å². The van der Waals surface area contributed by atoms with Crippen molar-refractivity contribution in [2.45, 2.75) is 17.1 Å². The molecule has 5 N–H and O–H groups in total. The van der Waals surface area contributed by atoms with Gasteiger partial charge in [-0.15, -0.1) is 11.8 Å². The van der Waals surface area contributed by atoms with Crippen molar-refractivity contribution in [3.8, 4) is 5.75 Å². The molecule has 9 nitrogen and oxygen atoms in total. The molecule has 1 atom stereocenters. The first-order valence-corrected chi connectivity index (χ1v) is 16.3. The molecule has 5 aromatic rings. The van der Waals surface area contributed by atoms with E-state index in [4.69, 9.17) is 10.5 Å². The molecule has 49 heavy (non-hydrogen) atoms. The summed E-state index contributed by atoms with van der Waals surface area (Å²) in [5.41, 5.74) is 8.57. The fourth-order valence-electron chi connectivity index (χ4n) is 4.74. The van der Waals surface area contributed by atoms with Gasteiger partial charge in [-0.3, -0.25) is 19.2 Å². The number of nitrogens with two attached hydrogens (primary N) is 1. The molecule has 0 heterocycles. The van der Waals surface area contributed by atoms with Gasteiger partial charge in [0, 0.05) is 27.4 Å². The van der Waals surface area contributed by atoms with E-state index in [1.807, 2.05) is 43.3 Å². The van der Waals surface area contributed by atoms with Crippen LogP contribution in [0, 0.1) is 0 Å². The highest BCUT2D eigenvalue weighted by Gasteiger charge is 2.23. The second kappa shape index (κ2) is 16.6. The molecule has 0 radical (unpaired) electrons. The molecule has 4 amide bonds. The lowest BCUT2D eigenvalue weighted by molar-refractivity contribution is -0.116. The average molecular weight is 671 g/mol. The lowest BCUT2D eigenvalue weighted by Gasteiger charge is -2.18. The van der Waals surface area contributed by atoms with Crippen LogP contribution in [0.3, 0.4) is 0 Å². The predicted octanol–water partition coefficient (Wildman–Crippen LogP) is 7.07. The van der Waals surface area contributed by atoms with Crippen molar-refractivity contribution in [2.24, 2.45) is 5.73 Å². The number of ether oxygens (including phenoxy) is 1. The number of carbonyl (C=O) groups excluding carboxylic acids is 4. The molecule has 246 valence electrons. The van der Waals surface area contributed by atoms with Crippen LogP contribution in [0.4, 0.5) is 11.4 Å². The van der Waals surface area contributed by atoms with Gasteiger partial charge in [-0.05, 0) is 90.9 Å². The molecular formula is C39H34N4O5S. The molecule has 0 saturated carbocycles. The van der Waals surface area contributed by atoms with Gasteiger partial charge in [0.15, 0.2) is 0 Å². The zero-order chi connectivity index (χ0) is 34.6. The maximum atomic E-state index is 13.7. The Hall–Kier alpha value is -6.13. The Kier molecular flexibility index (Phi) is 11.6. The smallest absolute Gasteiger partial charge is 0.272 e. The van der Waals surface area contributed by atoms with Crippen molar-refractivity contribution < 1.29 is 23.9 Å². The van der Waals surface area contributed by atoms with Gasteiger partial charge in [0.2, 0.25) is 11.8 Å². The van der Waals surface area contributed by atoms with Gasteiger partial charge in [-0.1, -0.05) is 66.7 Å². The molecule has 0 saturated heterocycles. The summed E-state index contributed by atoms with van der Waals surface area (Å²) in [7, 11) is 0. The standard InChI is InChI=1S/C39H34N4O5S/c1-2-48-32-22-16-26(17-23-32)24-34(43-37(45)29-12-7-4-8-13-29)38(46)42-31-14-9-15-33(25-31)49-35(27-10-5-3-6-11-27)39(47)41-30-20-18-28(19-21-30)36(40)44/h3-25,35H,2H2,1H3,(H2,40,44)(H,41,47)(H,42,46)(H,43,45)/b34-24+. The number of hydrogen-bond acceptors (Lipinski definition) is 6. The van der Waals surface area contributed by atoms with E-state index < -0.39 is 23.0 Å². The summed E-state index contributed by atoms with van der Waals surface area (Å²) >= 11 is 1.31. The van der Waals surface area contributed by atoms with E-state index in [1.165, 1.54) is 11.8 Å². The van der Waals surface area contributed by atoms with E-state index in [-0.39, 0.29) is 11.6 Å². The highest BCUT2D eigenvalue weighted by atomic mass is 32.2. The molecule has 0 bridgehead atoms. The Labute approximate surface area is 288 Å². The third kappa shape index (κ3) is 9.69. The minimum Gasteiger partial charge on any atom is -0.494 e. The van der Waals surface area contributed by atoms with E-state index in [0.717, 1.165) is 10.5 Å². The van der Waals surface area contributed by atoms with E-state index in [9.17, 15) is 19.2 Å². The fourth-order valence-corrected chi connectivity index (χ4v) is 5.83. The summed E-state index contributed by atoms with van der Waals surface area (Å²) in [5.74, 6) is -1.10. The molecule has 1 unspecified atom stereocenters. The molecule has 0 aromatic heterocycles. The lowest BCUT2D eigenvalue weighted by Crippen LogP contribution is -2.30. The summed E-state index contributed by atoms with van der Waals surface area (Å²) in [4.78, 5) is 52.5. The zero-order valence-electron chi connectivity index (χ0n) is 26.6. The number of nitrogens with one attached hydrogen (secondary N) is 3. The second-order valence-electron chi connectivity index (χ2n) is 10.7. The summed E-state index contributed by atoms with van der Waals surface area (Å²) in [6.45, 7) is 2.42. The molecule has 0 aliphatic rings. The van der Waals surface area contributed by atoms with E-state index >= 15 is 0 Å². The number of benzene rings is 5. The van der Waals surface area contributed by atoms with Gasteiger partial charge in [0.1, 0.15) is 16.7 Å². The van der Waals surface area contributed by atoms with Crippen LogP contribution in [0.15, 0.2) is 144 Å². The number of anilines is 2. The minimum absolute atomic E-state index is 0.0416. The Morgan fingerprint density at radius 3 is 2.06 bits per heavy atom. The number of amides is 4. The normalized spacial score (nSPS) is 11.6. The molecule has 5 aromatic carbocycles. The topological polar surface area (TPSA) is 140 Å². The van der Waals surface area contributed by atoms with Gasteiger partial charge in [-0.2, -0.15) is 0 Å². The van der Waals surface area contributed by atoms with Gasteiger partial charge in [0.25, 0.3) is 11.8 Å². The van der Waals surface area contributed by atoms with Crippen molar-refractivity contribution >= 4 is 52.8 Å². The van der Waals surface area contributed by atoms with Crippen molar-refractivity contribution in [3.05, 3.63) is 161 Å². The Morgan fingerprint density at radius 1 is 0.735 bits per heavy atom. The summed E-state index contributed by atoms with van der Waals surface area (Å²) in [5, 5.41) is 7.91. The highest BCUT2D eigenvalue weighted by molar-refractivity contribution is 8.00. The van der Waals surface area contributed by atoms with Crippen LogP contribution in [0.2, 0.25) is 0 Å². The third-order valence-corrected chi connectivity index (χ3v) is 8.40. The van der Waals surface area contributed by atoms with Gasteiger partial charge < -0.3 is 26.4 Å². The fraction of sp³-hybridized carbons (Fsp3) is 0.0769. The largest absolute Gasteiger partial charge is 0.494 e. The second-order valence-corrected chi connectivity index (χ2v) is 11.9. The molecule has 0 fully saturated rings. The van der Waals surface area contributed by atoms with E-state index in [0.29, 0.717) is 40.4 Å². The first kappa shape index (κ1) is 34.2. The zero-order valence-corrected chi connectivity index (χ0v) is 27.4. The van der Waals surface area contributed by atoms with Crippen LogP contribution in [-0.4, -0.2) is 30.2 Å². The van der Waals surface area contributed by atoms with Crippen molar-refractivity contribution in [1.82, 2.24) is 5.32 Å².